The summed E-state index contributed by atoms with van der Waals surface area (Å²) in [5, 5.41) is 12.8. The van der Waals surface area contributed by atoms with E-state index in [2.05, 4.69) is 40.0 Å². The summed E-state index contributed by atoms with van der Waals surface area (Å²) in [7, 11) is 0. The van der Waals surface area contributed by atoms with Crippen LogP contribution in [0.25, 0.3) is 0 Å². The van der Waals surface area contributed by atoms with Crippen molar-refractivity contribution < 1.29 is 5.11 Å². The smallest absolute Gasteiger partial charge is 0.0933 e. The highest BCUT2D eigenvalue weighted by atomic mass is 32.1. The van der Waals surface area contributed by atoms with Gasteiger partial charge in [0.15, 0.2) is 0 Å². The minimum atomic E-state index is -0.243. The second-order valence-corrected chi connectivity index (χ2v) is 7.71. The molecule has 0 fully saturated rings. The third-order valence-corrected chi connectivity index (χ3v) is 3.65. The maximum atomic E-state index is 9.48. The van der Waals surface area contributed by atoms with Crippen molar-refractivity contribution in [1.82, 2.24) is 4.98 Å². The lowest BCUT2D eigenvalue weighted by Crippen LogP contribution is -2.21. The quantitative estimate of drug-likeness (QED) is 0.888. The van der Waals surface area contributed by atoms with Crippen LogP contribution in [0.2, 0.25) is 0 Å². The van der Waals surface area contributed by atoms with Crippen molar-refractivity contribution in [3.63, 3.8) is 0 Å². The van der Waals surface area contributed by atoms with Gasteiger partial charge in [-0.1, -0.05) is 34.6 Å². The SMILES string of the molecule is CC(O)CC(C)(C)Cc1nc(C(C)(C)C)cs1. The predicted molar refractivity (Wildman–Crippen MR) is 74.6 cm³/mol. The molecule has 98 valence electrons. The Balaban J connectivity index is 2.72. The summed E-state index contributed by atoms with van der Waals surface area (Å²) in [5.74, 6) is 0. The van der Waals surface area contributed by atoms with Crippen LogP contribution in [-0.2, 0) is 11.8 Å². The average Bonchev–Trinajstić information content (AvgIpc) is 2.47. The highest BCUT2D eigenvalue weighted by molar-refractivity contribution is 7.09. The summed E-state index contributed by atoms with van der Waals surface area (Å²) >= 11 is 1.74. The molecule has 0 aromatic carbocycles. The van der Waals surface area contributed by atoms with Crippen molar-refractivity contribution >= 4 is 11.3 Å². The Morgan fingerprint density at radius 2 is 1.88 bits per heavy atom. The van der Waals surface area contributed by atoms with Crippen molar-refractivity contribution in [2.75, 3.05) is 0 Å². The van der Waals surface area contributed by atoms with Gasteiger partial charge in [-0.2, -0.15) is 0 Å². The van der Waals surface area contributed by atoms with Gasteiger partial charge in [0.2, 0.25) is 0 Å². The minimum absolute atomic E-state index is 0.112. The normalized spacial score (nSPS) is 15.0. The molecule has 0 aliphatic heterocycles. The Morgan fingerprint density at radius 3 is 2.29 bits per heavy atom. The van der Waals surface area contributed by atoms with E-state index in [4.69, 9.17) is 4.98 Å². The number of aliphatic hydroxyl groups excluding tert-OH is 1. The van der Waals surface area contributed by atoms with Crippen molar-refractivity contribution in [3.05, 3.63) is 16.1 Å². The fraction of sp³-hybridized carbons (Fsp3) is 0.786. The van der Waals surface area contributed by atoms with Gasteiger partial charge in [0.05, 0.1) is 16.8 Å². The second kappa shape index (κ2) is 5.07. The van der Waals surface area contributed by atoms with Gasteiger partial charge in [0.25, 0.3) is 0 Å². The molecule has 1 heterocycles. The first-order valence-corrected chi connectivity index (χ1v) is 7.11. The van der Waals surface area contributed by atoms with Crippen molar-refractivity contribution in [1.29, 1.82) is 0 Å². The van der Waals surface area contributed by atoms with Gasteiger partial charge in [-0.15, -0.1) is 11.3 Å². The van der Waals surface area contributed by atoms with E-state index < -0.39 is 0 Å². The first kappa shape index (κ1) is 14.7. The third-order valence-electron chi connectivity index (χ3n) is 2.80. The molecule has 17 heavy (non-hydrogen) atoms. The van der Waals surface area contributed by atoms with E-state index in [9.17, 15) is 5.11 Å². The van der Waals surface area contributed by atoms with Gasteiger partial charge in [0, 0.05) is 17.2 Å². The van der Waals surface area contributed by atoms with Crippen LogP contribution in [0.3, 0.4) is 0 Å². The summed E-state index contributed by atoms with van der Waals surface area (Å²) in [4.78, 5) is 4.71. The molecular formula is C14H25NOS. The van der Waals surface area contributed by atoms with E-state index in [-0.39, 0.29) is 16.9 Å². The first-order chi connectivity index (χ1) is 7.60. The number of hydrogen-bond donors (Lipinski definition) is 1. The Labute approximate surface area is 109 Å². The van der Waals surface area contributed by atoms with E-state index in [1.54, 1.807) is 11.3 Å². The largest absolute Gasteiger partial charge is 0.393 e. The lowest BCUT2D eigenvalue weighted by Gasteiger charge is -2.25. The van der Waals surface area contributed by atoms with Gasteiger partial charge in [-0.3, -0.25) is 0 Å². The lowest BCUT2D eigenvalue weighted by atomic mass is 9.84. The fourth-order valence-electron chi connectivity index (χ4n) is 2.02. The van der Waals surface area contributed by atoms with Crippen LogP contribution in [0, 0.1) is 5.41 Å². The molecule has 3 heteroatoms. The van der Waals surface area contributed by atoms with E-state index in [0.717, 1.165) is 12.8 Å². The third kappa shape index (κ3) is 4.76. The maximum Gasteiger partial charge on any atom is 0.0933 e. The van der Waals surface area contributed by atoms with Crippen LogP contribution in [0.5, 0.6) is 0 Å². The van der Waals surface area contributed by atoms with Gasteiger partial charge >= 0.3 is 0 Å². The number of aliphatic hydroxyl groups is 1. The van der Waals surface area contributed by atoms with E-state index >= 15 is 0 Å². The van der Waals surface area contributed by atoms with Gasteiger partial charge in [-0.25, -0.2) is 4.98 Å². The van der Waals surface area contributed by atoms with E-state index in [0.29, 0.717) is 0 Å². The molecule has 0 amide bonds. The fourth-order valence-corrected chi connectivity index (χ4v) is 3.30. The number of nitrogens with zero attached hydrogens (tertiary/aromatic N) is 1. The van der Waals surface area contributed by atoms with E-state index in [1.807, 2.05) is 6.92 Å². The van der Waals surface area contributed by atoms with Crippen molar-refractivity contribution in [2.24, 2.45) is 5.41 Å². The standard InChI is InChI=1S/C14H25NOS/c1-10(16)7-14(5,6)8-12-15-11(9-17-12)13(2,3)4/h9-10,16H,7-8H2,1-6H3. The zero-order valence-electron chi connectivity index (χ0n) is 11.9. The number of rotatable bonds is 4. The molecule has 1 aromatic heterocycles. The predicted octanol–water partition coefficient (Wildman–Crippen LogP) is 3.78. The monoisotopic (exact) mass is 255 g/mol. The Bertz CT molecular complexity index is 361. The molecule has 0 radical (unpaired) electrons. The number of hydrogen-bond acceptors (Lipinski definition) is 3. The molecule has 1 unspecified atom stereocenters. The molecule has 2 nitrogen and oxygen atoms in total. The Kier molecular flexibility index (Phi) is 4.37. The Hall–Kier alpha value is -0.410. The molecule has 0 saturated heterocycles. The van der Waals surface area contributed by atoms with Gasteiger partial charge in [-0.05, 0) is 18.8 Å². The highest BCUT2D eigenvalue weighted by Gasteiger charge is 2.24. The Morgan fingerprint density at radius 1 is 1.29 bits per heavy atom. The summed E-state index contributed by atoms with van der Waals surface area (Å²) < 4.78 is 0. The minimum Gasteiger partial charge on any atom is -0.393 e. The zero-order valence-corrected chi connectivity index (χ0v) is 12.7. The lowest BCUT2D eigenvalue weighted by molar-refractivity contribution is 0.129. The zero-order chi connectivity index (χ0) is 13.3. The number of thiazole rings is 1. The van der Waals surface area contributed by atoms with Crippen LogP contribution >= 0.6 is 11.3 Å². The molecule has 1 atom stereocenters. The number of aromatic nitrogens is 1. The van der Waals surface area contributed by atoms with Gasteiger partial charge < -0.3 is 5.11 Å². The molecule has 0 bridgehead atoms. The molecule has 0 saturated carbocycles. The molecule has 0 aliphatic rings. The average molecular weight is 255 g/mol. The summed E-state index contributed by atoms with van der Waals surface area (Å²) in [6.45, 7) is 12.8. The first-order valence-electron chi connectivity index (χ1n) is 6.23. The van der Waals surface area contributed by atoms with Crippen LogP contribution < -0.4 is 0 Å². The van der Waals surface area contributed by atoms with Crippen LogP contribution in [0.15, 0.2) is 5.38 Å². The molecular weight excluding hydrogens is 230 g/mol. The summed E-state index contributed by atoms with van der Waals surface area (Å²) in [5.41, 5.74) is 1.41. The highest BCUT2D eigenvalue weighted by Crippen LogP contribution is 2.31. The molecule has 0 aliphatic carbocycles. The molecule has 1 rings (SSSR count). The summed E-state index contributed by atoms with van der Waals surface area (Å²) in [6.07, 6.45) is 1.52. The van der Waals surface area contributed by atoms with Crippen LogP contribution in [-0.4, -0.2) is 16.2 Å². The van der Waals surface area contributed by atoms with E-state index in [1.165, 1.54) is 10.7 Å². The summed E-state index contributed by atoms with van der Waals surface area (Å²) in [6, 6.07) is 0. The molecule has 1 N–H and O–H groups in total. The maximum absolute atomic E-state index is 9.48. The van der Waals surface area contributed by atoms with Crippen molar-refractivity contribution in [3.8, 4) is 0 Å². The second-order valence-electron chi connectivity index (χ2n) is 6.77. The van der Waals surface area contributed by atoms with Crippen LogP contribution in [0.4, 0.5) is 0 Å². The van der Waals surface area contributed by atoms with Gasteiger partial charge in [0.1, 0.15) is 0 Å². The topological polar surface area (TPSA) is 33.1 Å². The molecule has 0 spiro atoms. The van der Waals surface area contributed by atoms with Crippen molar-refractivity contribution in [2.45, 2.75) is 65.9 Å². The molecule has 1 aromatic rings. The van der Waals surface area contributed by atoms with Crippen LogP contribution in [0.1, 0.15) is 58.7 Å².